The number of ether oxygens (including phenoxy) is 1. The summed E-state index contributed by atoms with van der Waals surface area (Å²) in [6, 6.07) is 11.1. The molecular weight excluding hydrogens is 436 g/mol. The van der Waals surface area contributed by atoms with Crippen molar-refractivity contribution in [3.63, 3.8) is 0 Å². The highest BCUT2D eigenvalue weighted by Crippen LogP contribution is 2.48. The highest BCUT2D eigenvalue weighted by molar-refractivity contribution is 9.09. The van der Waals surface area contributed by atoms with Gasteiger partial charge in [-0.2, -0.15) is 0 Å². The minimum atomic E-state index is -0.318. The Bertz CT molecular complexity index is 841. The first-order valence-corrected chi connectivity index (χ1v) is 9.78. The topological polar surface area (TPSA) is 43.4 Å². The molecule has 24 heavy (non-hydrogen) atoms. The Morgan fingerprint density at radius 2 is 1.46 bits per heavy atom. The van der Waals surface area contributed by atoms with Crippen molar-refractivity contribution in [2.75, 3.05) is 10.7 Å². The smallest absolute Gasteiger partial charge is 0.173 e. The van der Waals surface area contributed by atoms with Crippen LogP contribution in [0.25, 0.3) is 0 Å². The Labute approximate surface area is 157 Å². The van der Waals surface area contributed by atoms with Crippen LogP contribution in [0.3, 0.4) is 0 Å². The monoisotopic (exact) mass is 450 g/mol. The summed E-state index contributed by atoms with van der Waals surface area (Å²) in [4.78, 5) is 23.9. The molecule has 0 aliphatic carbocycles. The van der Waals surface area contributed by atoms with Gasteiger partial charge in [0.05, 0.1) is 10.7 Å². The van der Waals surface area contributed by atoms with Crippen molar-refractivity contribution in [2.24, 2.45) is 0 Å². The lowest BCUT2D eigenvalue weighted by Crippen LogP contribution is -2.25. The number of hydrogen-bond acceptors (Lipinski definition) is 3. The Hall–Kier alpha value is -1.46. The van der Waals surface area contributed by atoms with Crippen LogP contribution in [0.4, 0.5) is 0 Å². The molecule has 0 atom stereocenters. The van der Waals surface area contributed by atoms with Gasteiger partial charge < -0.3 is 4.74 Å². The van der Waals surface area contributed by atoms with Crippen molar-refractivity contribution in [2.45, 2.75) is 19.3 Å². The molecule has 5 heteroatoms. The molecule has 2 aromatic carbocycles. The molecule has 1 heterocycles. The van der Waals surface area contributed by atoms with Crippen LogP contribution in [-0.2, 0) is 5.41 Å². The van der Waals surface area contributed by atoms with E-state index >= 15 is 0 Å². The number of carbonyl (C=O) groups excluding carboxylic acids is 2. The molecule has 0 fully saturated rings. The summed E-state index contributed by atoms with van der Waals surface area (Å²) in [6.07, 6.45) is 0. The molecular formula is C19H16Br2O3. The van der Waals surface area contributed by atoms with Crippen LogP contribution < -0.4 is 4.74 Å². The number of fused-ring (bicyclic) bond motifs is 2. The molecule has 3 nitrogen and oxygen atoms in total. The van der Waals surface area contributed by atoms with Crippen molar-refractivity contribution in [1.82, 2.24) is 0 Å². The molecule has 1 aliphatic rings. The van der Waals surface area contributed by atoms with Crippen molar-refractivity contribution >= 4 is 43.4 Å². The lowest BCUT2D eigenvalue weighted by Gasteiger charge is -2.35. The third-order valence-electron chi connectivity index (χ3n) is 4.41. The van der Waals surface area contributed by atoms with Crippen LogP contribution in [0.2, 0.25) is 0 Å². The molecule has 0 aromatic heterocycles. The maximum Gasteiger partial charge on any atom is 0.173 e. The second kappa shape index (κ2) is 6.45. The van der Waals surface area contributed by atoms with Crippen LogP contribution in [0.15, 0.2) is 36.4 Å². The zero-order valence-electron chi connectivity index (χ0n) is 13.4. The lowest BCUT2D eigenvalue weighted by atomic mass is 9.75. The number of halogens is 2. The molecule has 124 valence electrons. The first-order valence-electron chi connectivity index (χ1n) is 7.53. The summed E-state index contributed by atoms with van der Waals surface area (Å²) >= 11 is 6.41. The predicted octanol–water partition coefficient (Wildman–Crippen LogP) is 5.27. The first-order chi connectivity index (χ1) is 11.4. The third-order valence-corrected chi connectivity index (χ3v) is 5.43. The quantitative estimate of drug-likeness (QED) is 0.469. The zero-order chi connectivity index (χ0) is 17.5. The molecule has 1 aliphatic heterocycles. The molecule has 0 spiro atoms. The van der Waals surface area contributed by atoms with Gasteiger partial charge in [0, 0.05) is 27.7 Å². The number of hydrogen-bond donors (Lipinski definition) is 0. The van der Waals surface area contributed by atoms with Gasteiger partial charge in [-0.1, -0.05) is 57.8 Å². The fraction of sp³-hybridized carbons (Fsp3) is 0.263. The standard InChI is InChI=1S/C19H16Br2O3/c1-19(2)13-5-3-12(16(23)10-21)8-18(13)24-17-6-4-11(7-14(17)19)15(22)9-20/h3-8H,9-10H2,1-2H3. The van der Waals surface area contributed by atoms with E-state index in [0.29, 0.717) is 22.2 Å². The number of ketones is 2. The maximum absolute atomic E-state index is 12.0. The third kappa shape index (κ3) is 2.84. The molecule has 2 aromatic rings. The van der Waals surface area contributed by atoms with E-state index in [1.54, 1.807) is 12.1 Å². The fourth-order valence-corrected chi connectivity index (χ4v) is 3.64. The van der Waals surface area contributed by atoms with Gasteiger partial charge in [-0.25, -0.2) is 0 Å². The molecule has 0 unspecified atom stereocenters. The van der Waals surface area contributed by atoms with Gasteiger partial charge >= 0.3 is 0 Å². The molecule has 0 saturated heterocycles. The average Bonchev–Trinajstić information content (AvgIpc) is 2.59. The highest BCUT2D eigenvalue weighted by Gasteiger charge is 2.35. The SMILES string of the molecule is CC1(C)c2ccc(C(=O)CBr)cc2Oc2ccc(C(=O)CBr)cc21. The normalized spacial score (nSPS) is 14.3. The Balaban J connectivity index is 2.11. The zero-order valence-corrected chi connectivity index (χ0v) is 16.5. The van der Waals surface area contributed by atoms with Crippen molar-refractivity contribution in [1.29, 1.82) is 0 Å². The summed E-state index contributed by atoms with van der Waals surface area (Å²) in [5.74, 6) is 1.47. The second-order valence-corrected chi connectivity index (χ2v) is 7.38. The summed E-state index contributed by atoms with van der Waals surface area (Å²) in [7, 11) is 0. The minimum Gasteiger partial charge on any atom is -0.457 e. The summed E-state index contributed by atoms with van der Waals surface area (Å²) in [6.45, 7) is 4.20. The van der Waals surface area contributed by atoms with E-state index in [9.17, 15) is 9.59 Å². The van der Waals surface area contributed by atoms with E-state index in [2.05, 4.69) is 45.7 Å². The summed E-state index contributed by atoms with van der Waals surface area (Å²) in [5, 5.41) is 0.575. The summed E-state index contributed by atoms with van der Waals surface area (Å²) in [5.41, 5.74) is 2.94. The Morgan fingerprint density at radius 3 is 2.08 bits per heavy atom. The Morgan fingerprint density at radius 1 is 0.875 bits per heavy atom. The summed E-state index contributed by atoms with van der Waals surface area (Å²) < 4.78 is 6.03. The molecule has 0 N–H and O–H groups in total. The number of alkyl halides is 2. The molecule has 0 amide bonds. The molecule has 0 saturated carbocycles. The maximum atomic E-state index is 12.0. The molecule has 0 bridgehead atoms. The van der Waals surface area contributed by atoms with Crippen LogP contribution in [0.5, 0.6) is 11.5 Å². The average molecular weight is 452 g/mol. The van der Waals surface area contributed by atoms with Crippen LogP contribution in [0.1, 0.15) is 45.7 Å². The van der Waals surface area contributed by atoms with Crippen LogP contribution in [0, 0.1) is 0 Å². The van der Waals surface area contributed by atoms with Gasteiger partial charge in [0.15, 0.2) is 11.6 Å². The van der Waals surface area contributed by atoms with Crippen LogP contribution in [-0.4, -0.2) is 22.2 Å². The van der Waals surface area contributed by atoms with E-state index in [1.807, 2.05) is 24.3 Å². The van der Waals surface area contributed by atoms with Crippen molar-refractivity contribution < 1.29 is 14.3 Å². The molecule has 0 radical (unpaired) electrons. The van der Waals surface area contributed by atoms with Gasteiger partial charge in [-0.05, 0) is 24.3 Å². The van der Waals surface area contributed by atoms with E-state index in [1.165, 1.54) is 0 Å². The highest BCUT2D eigenvalue weighted by atomic mass is 79.9. The van der Waals surface area contributed by atoms with Gasteiger partial charge in [-0.15, -0.1) is 0 Å². The molecule has 3 rings (SSSR count). The van der Waals surface area contributed by atoms with E-state index < -0.39 is 0 Å². The largest absolute Gasteiger partial charge is 0.457 e. The van der Waals surface area contributed by atoms with Crippen LogP contribution >= 0.6 is 31.9 Å². The van der Waals surface area contributed by atoms with Gasteiger partial charge in [0.1, 0.15) is 11.5 Å². The fourth-order valence-electron chi connectivity index (χ4n) is 3.00. The van der Waals surface area contributed by atoms with Crippen molar-refractivity contribution in [3.8, 4) is 11.5 Å². The van der Waals surface area contributed by atoms with E-state index in [0.717, 1.165) is 16.9 Å². The van der Waals surface area contributed by atoms with Gasteiger partial charge in [0.2, 0.25) is 0 Å². The number of carbonyl (C=O) groups is 2. The van der Waals surface area contributed by atoms with Gasteiger partial charge in [0.25, 0.3) is 0 Å². The Kier molecular flexibility index (Phi) is 4.67. The van der Waals surface area contributed by atoms with Crippen molar-refractivity contribution in [3.05, 3.63) is 58.7 Å². The number of Topliss-reactive ketones (excluding diaryl/α,β-unsaturated/α-hetero) is 2. The second-order valence-electron chi connectivity index (χ2n) is 6.26. The van der Waals surface area contributed by atoms with E-state index in [4.69, 9.17) is 4.74 Å². The predicted molar refractivity (Wildman–Crippen MR) is 101 cm³/mol. The minimum absolute atomic E-state index is 0.0169. The lowest BCUT2D eigenvalue weighted by molar-refractivity contribution is 0.101. The van der Waals surface area contributed by atoms with Gasteiger partial charge in [-0.3, -0.25) is 9.59 Å². The first kappa shape index (κ1) is 17.4. The van der Waals surface area contributed by atoms with E-state index in [-0.39, 0.29) is 22.3 Å². The number of rotatable bonds is 4. The number of benzene rings is 2.